The summed E-state index contributed by atoms with van der Waals surface area (Å²) in [4.78, 5) is 14.9. The SMILES string of the molecule is O=C(c1n[nH]c2c1CCC2)N1CCO[C@H](c2cc(CCOc3ccccc3Cl)[nH]n2)C1. The minimum atomic E-state index is -0.265. The second kappa shape index (κ2) is 8.72. The normalized spacial score (nSPS) is 18.2. The van der Waals surface area contributed by atoms with Crippen LogP contribution in [0.2, 0.25) is 5.02 Å². The first-order valence-corrected chi connectivity index (χ1v) is 11.0. The number of aryl methyl sites for hydroxylation is 1. The smallest absolute Gasteiger partial charge is 0.274 e. The van der Waals surface area contributed by atoms with Crippen LogP contribution in [0.1, 0.15) is 45.7 Å². The van der Waals surface area contributed by atoms with Crippen LogP contribution in [0.15, 0.2) is 30.3 Å². The number of nitrogens with one attached hydrogen (secondary N) is 2. The Balaban J connectivity index is 1.19. The average Bonchev–Trinajstić information content (AvgIpc) is 3.52. The van der Waals surface area contributed by atoms with Crippen molar-refractivity contribution in [1.29, 1.82) is 0 Å². The van der Waals surface area contributed by atoms with Gasteiger partial charge in [0.15, 0.2) is 5.69 Å². The number of para-hydroxylation sites is 1. The van der Waals surface area contributed by atoms with Gasteiger partial charge in [-0.15, -0.1) is 0 Å². The monoisotopic (exact) mass is 441 g/mol. The number of rotatable bonds is 6. The molecule has 3 heterocycles. The number of H-pyrrole nitrogens is 2. The summed E-state index contributed by atoms with van der Waals surface area (Å²) >= 11 is 6.12. The number of aromatic amines is 2. The molecule has 0 unspecified atom stereocenters. The molecule has 0 spiro atoms. The molecule has 1 aromatic carbocycles. The maximum absolute atomic E-state index is 13.0. The highest BCUT2D eigenvalue weighted by Gasteiger charge is 2.31. The molecule has 2 aliphatic rings. The molecule has 31 heavy (non-hydrogen) atoms. The van der Waals surface area contributed by atoms with Gasteiger partial charge in [-0.05, 0) is 37.5 Å². The Kier molecular flexibility index (Phi) is 5.65. The predicted molar refractivity (Wildman–Crippen MR) is 114 cm³/mol. The van der Waals surface area contributed by atoms with E-state index in [0.717, 1.165) is 41.9 Å². The van der Waals surface area contributed by atoms with E-state index in [-0.39, 0.29) is 12.0 Å². The van der Waals surface area contributed by atoms with Crippen molar-refractivity contribution in [2.75, 3.05) is 26.3 Å². The molecule has 5 rings (SSSR count). The number of ether oxygens (including phenoxy) is 2. The number of fused-ring (bicyclic) bond motifs is 1. The van der Waals surface area contributed by atoms with Gasteiger partial charge in [-0.25, -0.2) is 0 Å². The summed E-state index contributed by atoms with van der Waals surface area (Å²) in [5, 5.41) is 15.3. The van der Waals surface area contributed by atoms with Crippen molar-refractivity contribution >= 4 is 17.5 Å². The highest BCUT2D eigenvalue weighted by Crippen LogP contribution is 2.27. The number of amides is 1. The molecule has 9 heteroatoms. The number of carbonyl (C=O) groups is 1. The van der Waals surface area contributed by atoms with Crippen LogP contribution in [-0.4, -0.2) is 57.5 Å². The Hall–Kier alpha value is -2.84. The molecule has 0 bridgehead atoms. The molecule has 1 aliphatic heterocycles. The van der Waals surface area contributed by atoms with E-state index in [2.05, 4.69) is 20.4 Å². The lowest BCUT2D eigenvalue weighted by Gasteiger charge is -2.31. The number of aromatic nitrogens is 4. The van der Waals surface area contributed by atoms with Crippen LogP contribution in [-0.2, 0) is 24.0 Å². The Morgan fingerprint density at radius 2 is 2.16 bits per heavy atom. The third kappa shape index (κ3) is 4.18. The molecule has 0 saturated carbocycles. The maximum Gasteiger partial charge on any atom is 0.274 e. The minimum Gasteiger partial charge on any atom is -0.492 e. The van der Waals surface area contributed by atoms with Crippen LogP contribution in [0, 0.1) is 0 Å². The molecular formula is C22H24ClN5O3. The molecule has 162 valence electrons. The van der Waals surface area contributed by atoms with Gasteiger partial charge in [0.25, 0.3) is 5.91 Å². The van der Waals surface area contributed by atoms with E-state index < -0.39 is 0 Å². The Bertz CT molecular complexity index is 1080. The van der Waals surface area contributed by atoms with Crippen molar-refractivity contribution in [3.05, 3.63) is 63.7 Å². The van der Waals surface area contributed by atoms with Gasteiger partial charge >= 0.3 is 0 Å². The van der Waals surface area contributed by atoms with Gasteiger partial charge in [-0.1, -0.05) is 23.7 Å². The van der Waals surface area contributed by atoms with Gasteiger partial charge in [0.05, 0.1) is 30.5 Å². The molecule has 0 radical (unpaired) electrons. The zero-order chi connectivity index (χ0) is 21.2. The van der Waals surface area contributed by atoms with E-state index in [1.54, 1.807) is 6.07 Å². The lowest BCUT2D eigenvalue weighted by atomic mass is 10.1. The lowest BCUT2D eigenvalue weighted by molar-refractivity contribution is -0.0249. The predicted octanol–water partition coefficient (Wildman–Crippen LogP) is 3.11. The molecular weight excluding hydrogens is 418 g/mol. The Labute approximate surface area is 184 Å². The number of hydrogen-bond acceptors (Lipinski definition) is 5. The first kappa shape index (κ1) is 20.1. The molecule has 2 aromatic heterocycles. The number of benzene rings is 1. The van der Waals surface area contributed by atoms with E-state index in [0.29, 0.717) is 49.2 Å². The second-order valence-electron chi connectivity index (χ2n) is 7.84. The van der Waals surface area contributed by atoms with Crippen molar-refractivity contribution in [3.63, 3.8) is 0 Å². The first-order valence-electron chi connectivity index (χ1n) is 10.6. The molecule has 8 nitrogen and oxygen atoms in total. The molecule has 3 aromatic rings. The van der Waals surface area contributed by atoms with Gasteiger partial charge in [0.2, 0.25) is 0 Å². The summed E-state index contributed by atoms with van der Waals surface area (Å²) in [7, 11) is 0. The van der Waals surface area contributed by atoms with Crippen LogP contribution in [0.25, 0.3) is 0 Å². The summed E-state index contributed by atoms with van der Waals surface area (Å²) in [6, 6.07) is 9.38. The van der Waals surface area contributed by atoms with Gasteiger partial charge in [0, 0.05) is 29.9 Å². The molecule has 1 amide bonds. The number of carbonyl (C=O) groups excluding carboxylic acids is 1. The summed E-state index contributed by atoms with van der Waals surface area (Å²) in [6.07, 6.45) is 3.36. The topological polar surface area (TPSA) is 96.1 Å². The lowest BCUT2D eigenvalue weighted by Crippen LogP contribution is -2.42. The summed E-state index contributed by atoms with van der Waals surface area (Å²) in [6.45, 7) is 1.97. The standard InChI is InChI=1S/C22H24ClN5O3/c23-16-5-1-2-7-19(16)30-10-8-14-12-18(26-24-14)20-13-28(9-11-31-20)22(29)21-15-4-3-6-17(15)25-27-21/h1-2,5,7,12,20H,3-4,6,8-11,13H2,(H,24,26)(H,25,27)/t20-/m0/s1. The third-order valence-corrected chi connectivity index (χ3v) is 6.12. The van der Waals surface area contributed by atoms with Gasteiger partial charge in [-0.3, -0.25) is 15.0 Å². The third-order valence-electron chi connectivity index (χ3n) is 5.81. The molecule has 1 aliphatic carbocycles. The van der Waals surface area contributed by atoms with Crippen LogP contribution in [0.5, 0.6) is 5.75 Å². The number of morpholine rings is 1. The summed E-state index contributed by atoms with van der Waals surface area (Å²) < 4.78 is 11.7. The van der Waals surface area contributed by atoms with Gasteiger partial charge < -0.3 is 14.4 Å². The Morgan fingerprint density at radius 1 is 1.26 bits per heavy atom. The van der Waals surface area contributed by atoms with Gasteiger partial charge in [0.1, 0.15) is 11.9 Å². The minimum absolute atomic E-state index is 0.0309. The fraction of sp³-hybridized carbons (Fsp3) is 0.409. The van der Waals surface area contributed by atoms with Crippen LogP contribution in [0.4, 0.5) is 0 Å². The van der Waals surface area contributed by atoms with Crippen molar-refractivity contribution in [2.24, 2.45) is 0 Å². The first-order chi connectivity index (χ1) is 15.2. The molecule has 1 saturated heterocycles. The fourth-order valence-electron chi connectivity index (χ4n) is 4.16. The van der Waals surface area contributed by atoms with E-state index in [4.69, 9.17) is 21.1 Å². The molecule has 1 fully saturated rings. The highest BCUT2D eigenvalue weighted by atomic mass is 35.5. The Morgan fingerprint density at radius 3 is 3.06 bits per heavy atom. The number of hydrogen-bond donors (Lipinski definition) is 2. The summed E-state index contributed by atoms with van der Waals surface area (Å²) in [5.41, 5.74) is 4.47. The second-order valence-corrected chi connectivity index (χ2v) is 8.25. The molecule has 2 N–H and O–H groups in total. The fourth-order valence-corrected chi connectivity index (χ4v) is 4.35. The highest BCUT2D eigenvalue weighted by molar-refractivity contribution is 6.32. The van der Waals surface area contributed by atoms with Gasteiger partial charge in [-0.2, -0.15) is 10.2 Å². The van der Waals surface area contributed by atoms with E-state index >= 15 is 0 Å². The number of nitrogens with zero attached hydrogens (tertiary/aromatic N) is 3. The summed E-state index contributed by atoms with van der Waals surface area (Å²) in [5.74, 6) is 0.634. The van der Waals surface area contributed by atoms with Crippen molar-refractivity contribution in [1.82, 2.24) is 25.3 Å². The maximum atomic E-state index is 13.0. The van der Waals surface area contributed by atoms with Crippen LogP contribution in [0.3, 0.4) is 0 Å². The van der Waals surface area contributed by atoms with Crippen molar-refractivity contribution in [3.8, 4) is 5.75 Å². The molecule has 1 atom stereocenters. The van der Waals surface area contributed by atoms with Crippen LogP contribution >= 0.6 is 11.6 Å². The number of halogens is 1. The van der Waals surface area contributed by atoms with Crippen LogP contribution < -0.4 is 4.74 Å². The largest absolute Gasteiger partial charge is 0.492 e. The van der Waals surface area contributed by atoms with E-state index in [9.17, 15) is 4.79 Å². The zero-order valence-electron chi connectivity index (χ0n) is 17.1. The quantitative estimate of drug-likeness (QED) is 0.612. The van der Waals surface area contributed by atoms with Crippen molar-refractivity contribution < 1.29 is 14.3 Å². The zero-order valence-corrected chi connectivity index (χ0v) is 17.8. The van der Waals surface area contributed by atoms with Crippen molar-refractivity contribution in [2.45, 2.75) is 31.8 Å². The van der Waals surface area contributed by atoms with E-state index in [1.165, 1.54) is 0 Å². The van der Waals surface area contributed by atoms with E-state index in [1.807, 2.05) is 29.2 Å². The average molecular weight is 442 g/mol.